The van der Waals surface area contributed by atoms with E-state index < -0.39 is 0 Å². The van der Waals surface area contributed by atoms with Crippen LogP contribution in [0.3, 0.4) is 0 Å². The number of anilines is 1. The summed E-state index contributed by atoms with van der Waals surface area (Å²) in [6.07, 6.45) is 0. The van der Waals surface area contributed by atoms with Crippen LogP contribution in [0.25, 0.3) is 0 Å². The van der Waals surface area contributed by atoms with E-state index in [0.29, 0.717) is 16.8 Å². The SMILES string of the molecule is N#Cc1cc(Br)ccc1NC(=O)c1ccsc1. The zero-order chi connectivity index (χ0) is 12.3. The number of nitrogens with one attached hydrogen (secondary N) is 1. The third-order valence-electron chi connectivity index (χ3n) is 2.13. The Bertz CT molecular complexity index is 587. The number of benzene rings is 1. The molecule has 0 radical (unpaired) electrons. The van der Waals surface area contributed by atoms with Gasteiger partial charge in [0.15, 0.2) is 0 Å². The first-order valence-electron chi connectivity index (χ1n) is 4.74. The average Bonchev–Trinajstić information content (AvgIpc) is 2.85. The van der Waals surface area contributed by atoms with Crippen LogP contribution in [0.4, 0.5) is 5.69 Å². The molecule has 0 aliphatic carbocycles. The van der Waals surface area contributed by atoms with E-state index in [0.717, 1.165) is 4.47 Å². The van der Waals surface area contributed by atoms with Gasteiger partial charge in [-0.05, 0) is 29.6 Å². The second-order valence-electron chi connectivity index (χ2n) is 3.27. The Kier molecular flexibility index (Phi) is 3.57. The minimum Gasteiger partial charge on any atom is -0.321 e. The van der Waals surface area contributed by atoms with Crippen molar-refractivity contribution >= 4 is 38.9 Å². The first-order chi connectivity index (χ1) is 8.20. The Morgan fingerprint density at radius 2 is 2.24 bits per heavy atom. The molecule has 0 unspecified atom stereocenters. The summed E-state index contributed by atoms with van der Waals surface area (Å²) in [5, 5.41) is 15.3. The average molecular weight is 307 g/mol. The number of carbonyl (C=O) groups is 1. The highest BCUT2D eigenvalue weighted by molar-refractivity contribution is 9.10. The van der Waals surface area contributed by atoms with Crippen LogP contribution in [-0.4, -0.2) is 5.91 Å². The summed E-state index contributed by atoms with van der Waals surface area (Å²) in [7, 11) is 0. The Morgan fingerprint density at radius 1 is 1.41 bits per heavy atom. The van der Waals surface area contributed by atoms with Gasteiger partial charge < -0.3 is 5.32 Å². The monoisotopic (exact) mass is 306 g/mol. The van der Waals surface area contributed by atoms with Crippen LogP contribution < -0.4 is 5.32 Å². The van der Waals surface area contributed by atoms with Crippen LogP contribution in [0.5, 0.6) is 0 Å². The zero-order valence-corrected chi connectivity index (χ0v) is 11.0. The maximum absolute atomic E-state index is 11.8. The highest BCUT2D eigenvalue weighted by atomic mass is 79.9. The van der Waals surface area contributed by atoms with E-state index in [4.69, 9.17) is 5.26 Å². The smallest absolute Gasteiger partial charge is 0.256 e. The molecular weight excluding hydrogens is 300 g/mol. The van der Waals surface area contributed by atoms with Gasteiger partial charge in [-0.15, -0.1) is 0 Å². The largest absolute Gasteiger partial charge is 0.321 e. The van der Waals surface area contributed by atoms with Gasteiger partial charge in [-0.3, -0.25) is 4.79 Å². The van der Waals surface area contributed by atoms with Crippen LogP contribution in [0, 0.1) is 11.3 Å². The second-order valence-corrected chi connectivity index (χ2v) is 4.96. The van der Waals surface area contributed by atoms with Crippen molar-refractivity contribution in [2.24, 2.45) is 0 Å². The fraction of sp³-hybridized carbons (Fsp3) is 0. The predicted octanol–water partition coefficient (Wildman–Crippen LogP) is 3.63. The van der Waals surface area contributed by atoms with Gasteiger partial charge in [0.2, 0.25) is 0 Å². The predicted molar refractivity (Wildman–Crippen MR) is 71.1 cm³/mol. The van der Waals surface area contributed by atoms with Gasteiger partial charge in [0.05, 0.1) is 16.8 Å². The normalized spacial score (nSPS) is 9.65. The number of carbonyl (C=O) groups excluding carboxylic acids is 1. The molecule has 1 aromatic heterocycles. The van der Waals surface area contributed by atoms with E-state index in [-0.39, 0.29) is 5.91 Å². The van der Waals surface area contributed by atoms with Gasteiger partial charge in [-0.25, -0.2) is 0 Å². The lowest BCUT2D eigenvalue weighted by molar-refractivity contribution is 0.102. The van der Waals surface area contributed by atoms with Gasteiger partial charge in [0.1, 0.15) is 6.07 Å². The molecule has 0 atom stereocenters. The molecule has 0 aliphatic heterocycles. The summed E-state index contributed by atoms with van der Waals surface area (Å²) in [6, 6.07) is 8.94. The summed E-state index contributed by atoms with van der Waals surface area (Å²) in [5.41, 5.74) is 1.55. The topological polar surface area (TPSA) is 52.9 Å². The Hall–Kier alpha value is -1.64. The van der Waals surface area contributed by atoms with Crippen LogP contribution in [-0.2, 0) is 0 Å². The third kappa shape index (κ3) is 2.73. The quantitative estimate of drug-likeness (QED) is 0.921. The molecule has 17 heavy (non-hydrogen) atoms. The van der Waals surface area contributed by atoms with E-state index in [1.165, 1.54) is 11.3 Å². The molecule has 0 saturated heterocycles. The van der Waals surface area contributed by atoms with Crippen molar-refractivity contribution in [1.82, 2.24) is 0 Å². The number of nitrogens with zero attached hydrogens (tertiary/aromatic N) is 1. The molecule has 0 bridgehead atoms. The standard InChI is InChI=1S/C12H7BrN2OS/c13-10-1-2-11(9(5-10)6-14)15-12(16)8-3-4-17-7-8/h1-5,7H,(H,15,16). The molecule has 2 aromatic rings. The van der Waals surface area contributed by atoms with Crippen LogP contribution in [0.2, 0.25) is 0 Å². The number of hydrogen-bond donors (Lipinski definition) is 1. The summed E-state index contributed by atoms with van der Waals surface area (Å²) in [4.78, 5) is 11.8. The molecule has 1 N–H and O–H groups in total. The minimum atomic E-state index is -0.204. The number of halogens is 1. The highest BCUT2D eigenvalue weighted by Crippen LogP contribution is 2.21. The lowest BCUT2D eigenvalue weighted by Gasteiger charge is -2.06. The van der Waals surface area contributed by atoms with Crippen molar-refractivity contribution in [1.29, 1.82) is 5.26 Å². The summed E-state index contributed by atoms with van der Waals surface area (Å²) < 4.78 is 0.808. The minimum absolute atomic E-state index is 0.204. The lowest BCUT2D eigenvalue weighted by atomic mass is 10.2. The Balaban J connectivity index is 2.25. The van der Waals surface area contributed by atoms with Crippen molar-refractivity contribution in [2.45, 2.75) is 0 Å². The fourth-order valence-corrected chi connectivity index (χ4v) is 2.30. The lowest BCUT2D eigenvalue weighted by Crippen LogP contribution is -2.11. The fourth-order valence-electron chi connectivity index (χ4n) is 1.31. The zero-order valence-electron chi connectivity index (χ0n) is 8.61. The van der Waals surface area contributed by atoms with Gasteiger partial charge in [0, 0.05) is 9.85 Å². The summed E-state index contributed by atoms with van der Waals surface area (Å²) in [6.45, 7) is 0. The van der Waals surface area contributed by atoms with Gasteiger partial charge >= 0.3 is 0 Å². The van der Waals surface area contributed by atoms with Gasteiger partial charge in [-0.1, -0.05) is 15.9 Å². The molecule has 5 heteroatoms. The van der Waals surface area contributed by atoms with Crippen molar-refractivity contribution in [3.63, 3.8) is 0 Å². The molecule has 0 saturated carbocycles. The maximum atomic E-state index is 11.8. The Labute approximate surface area is 111 Å². The molecule has 1 heterocycles. The number of nitriles is 1. The molecule has 0 aliphatic rings. The molecule has 1 aromatic carbocycles. The van der Waals surface area contributed by atoms with Crippen molar-refractivity contribution in [3.05, 3.63) is 50.6 Å². The molecule has 2 rings (SSSR count). The summed E-state index contributed by atoms with van der Waals surface area (Å²) >= 11 is 4.74. The number of amides is 1. The van der Waals surface area contributed by atoms with E-state index >= 15 is 0 Å². The second kappa shape index (κ2) is 5.13. The summed E-state index contributed by atoms with van der Waals surface area (Å²) in [5.74, 6) is -0.204. The van der Waals surface area contributed by atoms with Gasteiger partial charge in [0.25, 0.3) is 5.91 Å². The van der Waals surface area contributed by atoms with E-state index in [1.54, 1.807) is 29.6 Å². The Morgan fingerprint density at radius 3 is 2.88 bits per heavy atom. The molecule has 0 fully saturated rings. The van der Waals surface area contributed by atoms with E-state index in [2.05, 4.69) is 21.2 Å². The van der Waals surface area contributed by atoms with Crippen LogP contribution in [0.1, 0.15) is 15.9 Å². The van der Waals surface area contributed by atoms with E-state index in [1.807, 2.05) is 11.4 Å². The number of rotatable bonds is 2. The molecule has 1 amide bonds. The highest BCUT2D eigenvalue weighted by Gasteiger charge is 2.09. The van der Waals surface area contributed by atoms with Crippen LogP contribution in [0.15, 0.2) is 39.5 Å². The molecule has 84 valence electrons. The van der Waals surface area contributed by atoms with E-state index in [9.17, 15) is 4.79 Å². The number of thiophene rings is 1. The van der Waals surface area contributed by atoms with Gasteiger partial charge in [-0.2, -0.15) is 16.6 Å². The van der Waals surface area contributed by atoms with Crippen LogP contribution >= 0.6 is 27.3 Å². The van der Waals surface area contributed by atoms with Crippen molar-refractivity contribution < 1.29 is 4.79 Å². The maximum Gasteiger partial charge on any atom is 0.256 e. The molecule has 0 spiro atoms. The molecule has 3 nitrogen and oxygen atoms in total. The molecular formula is C12H7BrN2OS. The first-order valence-corrected chi connectivity index (χ1v) is 6.47. The third-order valence-corrected chi connectivity index (χ3v) is 3.31. The first kappa shape index (κ1) is 11.8. The number of hydrogen-bond acceptors (Lipinski definition) is 3. The van der Waals surface area contributed by atoms with Crippen molar-refractivity contribution in [3.8, 4) is 6.07 Å². The van der Waals surface area contributed by atoms with Crippen molar-refractivity contribution in [2.75, 3.05) is 5.32 Å².